The van der Waals surface area contributed by atoms with Crippen molar-refractivity contribution in [2.75, 3.05) is 26.2 Å². The average molecular weight is 312 g/mol. The lowest BCUT2D eigenvalue weighted by Crippen LogP contribution is -2.33. The summed E-state index contributed by atoms with van der Waals surface area (Å²) in [5.41, 5.74) is 0.388. The summed E-state index contributed by atoms with van der Waals surface area (Å²) < 4.78 is 0. The van der Waals surface area contributed by atoms with Crippen LogP contribution in [0.5, 0.6) is 0 Å². The van der Waals surface area contributed by atoms with Crippen LogP contribution in [0.1, 0.15) is 36.2 Å². The third-order valence-corrected chi connectivity index (χ3v) is 4.05. The van der Waals surface area contributed by atoms with Crippen molar-refractivity contribution >= 4 is 17.5 Å². The summed E-state index contributed by atoms with van der Waals surface area (Å²) in [5, 5.41) is 12.6. The molecule has 2 rings (SSSR count). The van der Waals surface area contributed by atoms with Gasteiger partial charge in [0.25, 0.3) is 5.91 Å². The Balaban J connectivity index is 1.61. The topological polar surface area (TPSA) is 65.5 Å². The van der Waals surface area contributed by atoms with Crippen molar-refractivity contribution < 1.29 is 9.90 Å². The lowest BCUT2D eigenvalue weighted by Gasteiger charge is -2.22. The number of aliphatic hydroxyl groups is 1. The molecule has 1 aliphatic heterocycles. The number of unbranched alkanes of at least 4 members (excludes halogenated alkanes) is 1. The molecule has 21 heavy (non-hydrogen) atoms. The summed E-state index contributed by atoms with van der Waals surface area (Å²) in [4.78, 5) is 18.1. The fourth-order valence-corrected chi connectivity index (χ4v) is 2.75. The van der Waals surface area contributed by atoms with Gasteiger partial charge in [0.1, 0.15) is 5.69 Å². The molecule has 1 aliphatic rings. The van der Waals surface area contributed by atoms with Gasteiger partial charge in [-0.1, -0.05) is 11.6 Å². The zero-order chi connectivity index (χ0) is 15.1. The van der Waals surface area contributed by atoms with Crippen molar-refractivity contribution in [1.82, 2.24) is 15.2 Å². The summed E-state index contributed by atoms with van der Waals surface area (Å²) in [6.07, 6.45) is 5.68. The quantitative estimate of drug-likeness (QED) is 0.752. The first-order chi connectivity index (χ1) is 10.2. The first-order valence-corrected chi connectivity index (χ1v) is 7.83. The number of aliphatic hydroxyl groups excluding tert-OH is 1. The van der Waals surface area contributed by atoms with Gasteiger partial charge < -0.3 is 10.4 Å². The second-order valence-electron chi connectivity index (χ2n) is 5.34. The van der Waals surface area contributed by atoms with E-state index < -0.39 is 0 Å². The number of carbonyl (C=O) groups excluding carboxylic acids is 1. The van der Waals surface area contributed by atoms with Crippen molar-refractivity contribution in [2.45, 2.75) is 31.7 Å². The van der Waals surface area contributed by atoms with E-state index in [1.165, 1.54) is 12.6 Å². The van der Waals surface area contributed by atoms with Crippen LogP contribution in [0.15, 0.2) is 18.3 Å². The van der Waals surface area contributed by atoms with E-state index in [0.29, 0.717) is 23.3 Å². The summed E-state index contributed by atoms with van der Waals surface area (Å²) in [6.45, 7) is 2.95. The smallest absolute Gasteiger partial charge is 0.269 e. The number of rotatable bonds is 7. The molecule has 0 aliphatic carbocycles. The summed E-state index contributed by atoms with van der Waals surface area (Å²) in [5.74, 6) is -0.166. The summed E-state index contributed by atoms with van der Waals surface area (Å²) >= 11 is 5.73. The monoisotopic (exact) mass is 311 g/mol. The first kappa shape index (κ1) is 16.2. The number of hydrogen-bond acceptors (Lipinski definition) is 4. The van der Waals surface area contributed by atoms with E-state index in [-0.39, 0.29) is 12.5 Å². The Labute approximate surface area is 130 Å². The highest BCUT2D eigenvalue weighted by Crippen LogP contribution is 2.16. The molecule has 1 aromatic rings. The van der Waals surface area contributed by atoms with E-state index in [4.69, 9.17) is 11.6 Å². The third kappa shape index (κ3) is 4.95. The van der Waals surface area contributed by atoms with Gasteiger partial charge in [-0.15, -0.1) is 0 Å². The maximum atomic E-state index is 11.8. The van der Waals surface area contributed by atoms with E-state index in [1.807, 2.05) is 0 Å². The fourth-order valence-electron chi connectivity index (χ4n) is 2.64. The number of nitrogens with one attached hydrogen (secondary N) is 1. The number of amides is 1. The molecule has 0 saturated carbocycles. The molecule has 1 atom stereocenters. The lowest BCUT2D eigenvalue weighted by atomic mass is 10.2. The molecule has 0 aromatic carbocycles. The average Bonchev–Trinajstić information content (AvgIpc) is 2.95. The van der Waals surface area contributed by atoms with Crippen LogP contribution >= 0.6 is 11.6 Å². The van der Waals surface area contributed by atoms with Gasteiger partial charge in [0, 0.05) is 18.8 Å². The normalized spacial score (nSPS) is 18.9. The zero-order valence-corrected chi connectivity index (χ0v) is 12.9. The van der Waals surface area contributed by atoms with Gasteiger partial charge in [-0.25, -0.2) is 4.98 Å². The molecule has 1 fully saturated rings. The molecule has 1 unspecified atom stereocenters. The van der Waals surface area contributed by atoms with Crippen LogP contribution in [0.2, 0.25) is 5.02 Å². The molecule has 2 N–H and O–H groups in total. The molecule has 1 aromatic heterocycles. The van der Waals surface area contributed by atoms with Crippen molar-refractivity contribution in [2.24, 2.45) is 0 Å². The van der Waals surface area contributed by atoms with E-state index in [9.17, 15) is 9.90 Å². The van der Waals surface area contributed by atoms with Crippen LogP contribution < -0.4 is 5.32 Å². The minimum absolute atomic E-state index is 0.166. The molecule has 6 heteroatoms. The van der Waals surface area contributed by atoms with Crippen molar-refractivity contribution in [3.05, 3.63) is 29.0 Å². The summed E-state index contributed by atoms with van der Waals surface area (Å²) in [7, 11) is 0. The number of halogens is 1. The molecule has 116 valence electrons. The Bertz CT molecular complexity index is 453. The fraction of sp³-hybridized carbons (Fsp3) is 0.600. The molecule has 2 heterocycles. The standard InChI is InChI=1S/C15H22ClN3O2/c16-12-5-6-14(18-10-12)15(21)17-7-1-2-8-19-9-3-4-13(19)11-20/h5-6,10,13,20H,1-4,7-9,11H2,(H,17,21). The second-order valence-corrected chi connectivity index (χ2v) is 5.78. The van der Waals surface area contributed by atoms with Crippen LogP contribution in [0.25, 0.3) is 0 Å². The highest BCUT2D eigenvalue weighted by Gasteiger charge is 2.22. The summed E-state index contributed by atoms with van der Waals surface area (Å²) in [6, 6.07) is 3.61. The molecular formula is C15H22ClN3O2. The largest absolute Gasteiger partial charge is 0.395 e. The van der Waals surface area contributed by atoms with E-state index in [1.54, 1.807) is 12.1 Å². The molecule has 0 spiro atoms. The van der Waals surface area contributed by atoms with Crippen LogP contribution in [0.3, 0.4) is 0 Å². The van der Waals surface area contributed by atoms with Gasteiger partial charge in [0.05, 0.1) is 11.6 Å². The van der Waals surface area contributed by atoms with Gasteiger partial charge >= 0.3 is 0 Å². The number of aromatic nitrogens is 1. The number of hydrogen-bond donors (Lipinski definition) is 2. The van der Waals surface area contributed by atoms with E-state index in [2.05, 4.69) is 15.2 Å². The number of carbonyl (C=O) groups is 1. The number of pyridine rings is 1. The Hall–Kier alpha value is -1.17. The van der Waals surface area contributed by atoms with Gasteiger partial charge in [-0.2, -0.15) is 0 Å². The van der Waals surface area contributed by atoms with Gasteiger partial charge in [-0.3, -0.25) is 9.69 Å². The molecule has 0 bridgehead atoms. The van der Waals surface area contributed by atoms with Crippen molar-refractivity contribution in [3.63, 3.8) is 0 Å². The minimum atomic E-state index is -0.166. The maximum absolute atomic E-state index is 11.8. The predicted molar refractivity (Wildman–Crippen MR) is 82.5 cm³/mol. The molecular weight excluding hydrogens is 290 g/mol. The SMILES string of the molecule is O=C(NCCCCN1CCCC1CO)c1ccc(Cl)cn1. The van der Waals surface area contributed by atoms with Gasteiger partial charge in [0.2, 0.25) is 0 Å². The molecule has 0 radical (unpaired) electrons. The van der Waals surface area contributed by atoms with Crippen LogP contribution in [0, 0.1) is 0 Å². The highest BCUT2D eigenvalue weighted by molar-refractivity contribution is 6.30. The van der Waals surface area contributed by atoms with Crippen molar-refractivity contribution in [3.8, 4) is 0 Å². The first-order valence-electron chi connectivity index (χ1n) is 7.45. The van der Waals surface area contributed by atoms with Crippen molar-refractivity contribution in [1.29, 1.82) is 0 Å². The Morgan fingerprint density at radius 1 is 1.48 bits per heavy atom. The lowest BCUT2D eigenvalue weighted by molar-refractivity contribution is 0.0947. The van der Waals surface area contributed by atoms with Crippen LogP contribution in [-0.2, 0) is 0 Å². The van der Waals surface area contributed by atoms with Crippen LogP contribution in [0.4, 0.5) is 0 Å². The highest BCUT2D eigenvalue weighted by atomic mass is 35.5. The Kier molecular flexibility index (Phi) is 6.42. The second kappa shape index (κ2) is 8.32. The molecule has 1 saturated heterocycles. The molecule has 5 nitrogen and oxygen atoms in total. The van der Waals surface area contributed by atoms with Crippen LogP contribution in [-0.4, -0.2) is 53.2 Å². The zero-order valence-electron chi connectivity index (χ0n) is 12.1. The van der Waals surface area contributed by atoms with E-state index in [0.717, 1.165) is 32.4 Å². The Morgan fingerprint density at radius 3 is 3.05 bits per heavy atom. The number of nitrogens with zero attached hydrogens (tertiary/aromatic N) is 2. The Morgan fingerprint density at radius 2 is 2.33 bits per heavy atom. The van der Waals surface area contributed by atoms with E-state index >= 15 is 0 Å². The predicted octanol–water partition coefficient (Wildman–Crippen LogP) is 1.70. The van der Waals surface area contributed by atoms with Gasteiger partial charge in [0.15, 0.2) is 0 Å². The van der Waals surface area contributed by atoms with Gasteiger partial charge in [-0.05, 0) is 50.9 Å². The minimum Gasteiger partial charge on any atom is -0.395 e. The maximum Gasteiger partial charge on any atom is 0.269 e. The third-order valence-electron chi connectivity index (χ3n) is 3.83. The number of likely N-dealkylation sites (tertiary alicyclic amines) is 1. The molecule has 1 amide bonds.